The van der Waals surface area contributed by atoms with Crippen molar-refractivity contribution < 1.29 is 9.59 Å². The average Bonchev–Trinajstić information content (AvgIpc) is 3.16. The van der Waals surface area contributed by atoms with Gasteiger partial charge in [-0.2, -0.15) is 5.10 Å². The van der Waals surface area contributed by atoms with E-state index in [1.165, 1.54) is 0 Å². The summed E-state index contributed by atoms with van der Waals surface area (Å²) in [7, 11) is 0. The number of carbonyl (C=O) groups excluding carboxylic acids is 2. The molecular formula is C19H13ClN4O2. The van der Waals surface area contributed by atoms with Crippen LogP contribution in [0.1, 0.15) is 17.5 Å². The molecule has 0 unspecified atom stereocenters. The highest BCUT2D eigenvalue weighted by molar-refractivity contribution is 6.30. The van der Waals surface area contributed by atoms with Crippen molar-refractivity contribution in [2.75, 3.05) is 10.6 Å². The van der Waals surface area contributed by atoms with Gasteiger partial charge >= 0.3 is 0 Å². The van der Waals surface area contributed by atoms with Crippen LogP contribution in [0.5, 0.6) is 0 Å². The number of hydrogen-bond acceptors (Lipinski definition) is 3. The van der Waals surface area contributed by atoms with Gasteiger partial charge in [0.25, 0.3) is 0 Å². The van der Waals surface area contributed by atoms with E-state index in [2.05, 4.69) is 15.7 Å². The number of hydrogen-bond donors (Lipinski definition) is 2. The summed E-state index contributed by atoms with van der Waals surface area (Å²) in [4.78, 5) is 25.5. The second-order valence-corrected chi connectivity index (χ2v) is 6.86. The van der Waals surface area contributed by atoms with E-state index in [1.54, 1.807) is 23.0 Å². The van der Waals surface area contributed by atoms with E-state index in [0.717, 1.165) is 11.3 Å². The highest BCUT2D eigenvalue weighted by Gasteiger charge is 2.54. The summed E-state index contributed by atoms with van der Waals surface area (Å²) in [6.45, 7) is 0. The van der Waals surface area contributed by atoms with Crippen molar-refractivity contribution in [3.05, 3.63) is 70.9 Å². The van der Waals surface area contributed by atoms with Gasteiger partial charge in [-0.1, -0.05) is 35.9 Å². The third-order valence-electron chi connectivity index (χ3n) is 4.99. The van der Waals surface area contributed by atoms with Crippen LogP contribution in [0.15, 0.2) is 54.7 Å². The minimum absolute atomic E-state index is 0.0457. The number of amides is 2. The molecule has 0 saturated heterocycles. The van der Waals surface area contributed by atoms with Crippen LogP contribution in [-0.2, 0) is 15.0 Å². The van der Waals surface area contributed by atoms with Crippen LogP contribution in [0.25, 0.3) is 5.69 Å². The molecule has 7 heteroatoms. The molecule has 1 spiro atoms. The van der Waals surface area contributed by atoms with Gasteiger partial charge in [-0.3, -0.25) is 9.59 Å². The molecule has 0 fully saturated rings. The van der Waals surface area contributed by atoms with Crippen molar-refractivity contribution in [3.8, 4) is 5.69 Å². The van der Waals surface area contributed by atoms with Crippen LogP contribution in [-0.4, -0.2) is 21.6 Å². The Bertz CT molecular complexity index is 1090. The first-order valence-electron chi connectivity index (χ1n) is 8.15. The van der Waals surface area contributed by atoms with Gasteiger partial charge in [0.15, 0.2) is 0 Å². The highest BCUT2D eigenvalue weighted by atomic mass is 35.5. The fourth-order valence-electron chi connectivity index (χ4n) is 3.86. The number of halogens is 1. The number of carbonyl (C=O) groups is 2. The zero-order valence-corrected chi connectivity index (χ0v) is 14.2. The Morgan fingerprint density at radius 2 is 1.88 bits per heavy atom. The van der Waals surface area contributed by atoms with Gasteiger partial charge < -0.3 is 10.6 Å². The summed E-state index contributed by atoms with van der Waals surface area (Å²) in [5, 5.41) is 10.8. The first-order valence-corrected chi connectivity index (χ1v) is 8.53. The summed E-state index contributed by atoms with van der Waals surface area (Å²) < 4.78 is 1.61. The molecule has 0 radical (unpaired) electrons. The summed E-state index contributed by atoms with van der Waals surface area (Å²) in [6, 6.07) is 14.6. The molecular weight excluding hydrogens is 352 g/mol. The molecule has 1 atom stereocenters. The van der Waals surface area contributed by atoms with Crippen molar-refractivity contribution in [2.45, 2.75) is 11.8 Å². The summed E-state index contributed by atoms with van der Waals surface area (Å²) in [5.74, 6) is 0.0592. The van der Waals surface area contributed by atoms with Crippen molar-refractivity contribution in [1.82, 2.24) is 9.78 Å². The smallest absolute Gasteiger partial charge is 0.240 e. The van der Waals surface area contributed by atoms with Crippen LogP contribution in [0.2, 0.25) is 5.02 Å². The second-order valence-electron chi connectivity index (χ2n) is 6.43. The number of aromatic nitrogens is 2. The maximum atomic E-state index is 13.0. The molecule has 2 aromatic carbocycles. The Balaban J connectivity index is 1.77. The summed E-state index contributed by atoms with van der Waals surface area (Å²) >= 11 is 6.09. The number of nitrogens with one attached hydrogen (secondary N) is 2. The molecule has 2 aliphatic heterocycles. The zero-order valence-electron chi connectivity index (χ0n) is 13.5. The lowest BCUT2D eigenvalue weighted by atomic mass is 9.72. The number of para-hydroxylation sites is 1. The molecule has 128 valence electrons. The molecule has 26 heavy (non-hydrogen) atoms. The third kappa shape index (κ3) is 1.90. The number of nitrogens with zero attached hydrogens (tertiary/aromatic N) is 2. The van der Waals surface area contributed by atoms with E-state index in [0.29, 0.717) is 22.1 Å². The molecule has 3 heterocycles. The van der Waals surface area contributed by atoms with Crippen molar-refractivity contribution in [2.24, 2.45) is 0 Å². The number of benzene rings is 2. The van der Waals surface area contributed by atoms with E-state index < -0.39 is 5.41 Å². The summed E-state index contributed by atoms with van der Waals surface area (Å²) in [6.07, 6.45) is 1.70. The Morgan fingerprint density at radius 1 is 1.04 bits per heavy atom. The zero-order chi connectivity index (χ0) is 17.9. The maximum Gasteiger partial charge on any atom is 0.240 e. The molecule has 3 aromatic rings. The Kier molecular flexibility index (Phi) is 3.02. The third-order valence-corrected chi connectivity index (χ3v) is 5.22. The minimum atomic E-state index is -1.06. The molecule has 5 rings (SSSR count). The largest absolute Gasteiger partial charge is 0.325 e. The van der Waals surface area contributed by atoms with Crippen LogP contribution < -0.4 is 10.6 Å². The topological polar surface area (TPSA) is 76.0 Å². The lowest BCUT2D eigenvalue weighted by Gasteiger charge is -2.31. The van der Waals surface area contributed by atoms with Crippen molar-refractivity contribution >= 4 is 34.9 Å². The van der Waals surface area contributed by atoms with Gasteiger partial charge in [-0.15, -0.1) is 0 Å². The normalized spacial score (nSPS) is 20.5. The van der Waals surface area contributed by atoms with Crippen molar-refractivity contribution in [3.63, 3.8) is 0 Å². The number of rotatable bonds is 1. The predicted molar refractivity (Wildman–Crippen MR) is 97.7 cm³/mol. The molecule has 6 nitrogen and oxygen atoms in total. The molecule has 0 bridgehead atoms. The Hall–Kier alpha value is -3.12. The van der Waals surface area contributed by atoms with Crippen molar-refractivity contribution in [1.29, 1.82) is 0 Å². The van der Waals surface area contributed by atoms with Gasteiger partial charge in [0.2, 0.25) is 11.8 Å². The molecule has 0 aliphatic carbocycles. The van der Waals surface area contributed by atoms with Crippen LogP contribution in [0.4, 0.5) is 11.5 Å². The molecule has 2 N–H and O–H groups in total. The van der Waals surface area contributed by atoms with Gasteiger partial charge in [0, 0.05) is 22.7 Å². The first-order chi connectivity index (χ1) is 12.6. The van der Waals surface area contributed by atoms with E-state index in [1.807, 2.05) is 36.4 Å². The lowest BCUT2D eigenvalue weighted by Crippen LogP contribution is -2.43. The first kappa shape index (κ1) is 15.2. The summed E-state index contributed by atoms with van der Waals surface area (Å²) in [5.41, 5.74) is 1.85. The van der Waals surface area contributed by atoms with Gasteiger partial charge in [0.1, 0.15) is 11.2 Å². The van der Waals surface area contributed by atoms with Crippen LogP contribution >= 0.6 is 11.6 Å². The Morgan fingerprint density at radius 3 is 2.73 bits per heavy atom. The SMILES string of the molecule is O=C1C[C@@]2(C(=O)Nc3ccccc32)c2cnn(-c3cccc(Cl)c3)c2N1. The molecule has 0 saturated carbocycles. The van der Waals surface area contributed by atoms with Gasteiger partial charge in [-0.25, -0.2) is 4.68 Å². The van der Waals surface area contributed by atoms with E-state index in [9.17, 15) is 9.59 Å². The van der Waals surface area contributed by atoms with E-state index in [-0.39, 0.29) is 18.2 Å². The fourth-order valence-corrected chi connectivity index (χ4v) is 4.04. The van der Waals surface area contributed by atoms with Crippen LogP contribution in [0, 0.1) is 0 Å². The van der Waals surface area contributed by atoms with E-state index >= 15 is 0 Å². The molecule has 2 amide bonds. The average molecular weight is 365 g/mol. The minimum Gasteiger partial charge on any atom is -0.325 e. The van der Waals surface area contributed by atoms with E-state index in [4.69, 9.17) is 11.6 Å². The number of anilines is 2. The van der Waals surface area contributed by atoms with Gasteiger partial charge in [-0.05, 0) is 29.8 Å². The van der Waals surface area contributed by atoms with Gasteiger partial charge in [0.05, 0.1) is 11.9 Å². The predicted octanol–water partition coefficient (Wildman–Crippen LogP) is 3.11. The number of fused-ring (bicyclic) bond motifs is 4. The Labute approximate surface area is 153 Å². The quantitative estimate of drug-likeness (QED) is 0.696. The molecule has 1 aromatic heterocycles. The highest BCUT2D eigenvalue weighted by Crippen LogP contribution is 2.49. The fraction of sp³-hybridized carbons (Fsp3) is 0.105. The maximum absolute atomic E-state index is 13.0. The van der Waals surface area contributed by atoms with Crippen LogP contribution in [0.3, 0.4) is 0 Å². The second kappa shape index (κ2) is 5.19. The lowest BCUT2D eigenvalue weighted by molar-refractivity contribution is -0.125. The standard InChI is InChI=1S/C19H13ClN4O2/c20-11-4-3-5-12(8-11)24-17-14(10-21-24)19(9-16(25)23-17)13-6-1-2-7-15(13)22-18(19)26/h1-8,10H,9H2,(H,22,26)(H,23,25)/t19-/m0/s1. The molecule has 2 aliphatic rings. The monoisotopic (exact) mass is 364 g/mol.